The van der Waals surface area contributed by atoms with Gasteiger partial charge in [0.05, 0.1) is 0 Å². The van der Waals surface area contributed by atoms with Crippen molar-refractivity contribution in [1.29, 1.82) is 0 Å². The summed E-state index contributed by atoms with van der Waals surface area (Å²) in [5.74, 6) is 2.07. The summed E-state index contributed by atoms with van der Waals surface area (Å²) in [7, 11) is 0. The maximum absolute atomic E-state index is 2.41. The van der Waals surface area contributed by atoms with E-state index in [1.54, 1.807) is 0 Å². The van der Waals surface area contributed by atoms with Crippen molar-refractivity contribution in [2.45, 2.75) is 59.8 Å². The quantitative estimate of drug-likeness (QED) is 0.532. The highest BCUT2D eigenvalue weighted by atomic mass is 14.2. The Morgan fingerprint density at radius 1 is 1.09 bits per heavy atom. The summed E-state index contributed by atoms with van der Waals surface area (Å²) >= 11 is 0. The van der Waals surface area contributed by atoms with Gasteiger partial charge in [-0.05, 0) is 11.8 Å². The number of rotatable bonds is 1. The van der Waals surface area contributed by atoms with Crippen molar-refractivity contribution in [3.05, 3.63) is 0 Å². The molecule has 0 radical (unpaired) electrons. The summed E-state index contributed by atoms with van der Waals surface area (Å²) in [6.45, 7) is 8.74. The van der Waals surface area contributed by atoms with E-state index < -0.39 is 0 Å². The number of hydrogen-bond acceptors (Lipinski definition) is 0. The van der Waals surface area contributed by atoms with Crippen LogP contribution in [0.5, 0.6) is 0 Å². The van der Waals surface area contributed by atoms with Gasteiger partial charge in [-0.25, -0.2) is 0 Å². The summed E-state index contributed by atoms with van der Waals surface area (Å²) < 4.78 is 0. The molecule has 2 atom stereocenters. The molecular weight excluding hydrogens is 132 g/mol. The first kappa shape index (κ1) is 11.0. The van der Waals surface area contributed by atoms with Crippen LogP contribution in [0.25, 0.3) is 0 Å². The van der Waals surface area contributed by atoms with Crippen LogP contribution in [0.2, 0.25) is 0 Å². The van der Waals surface area contributed by atoms with E-state index in [2.05, 4.69) is 13.8 Å². The van der Waals surface area contributed by atoms with E-state index in [1.807, 2.05) is 13.8 Å². The SMILES string of the molecule is CC.CC[C@H]1CCCCC1C. The fourth-order valence-corrected chi connectivity index (χ4v) is 2.00. The molecule has 1 aliphatic rings. The zero-order chi connectivity index (χ0) is 8.69. The topological polar surface area (TPSA) is 0 Å². The highest BCUT2D eigenvalue weighted by Gasteiger charge is 2.18. The lowest BCUT2D eigenvalue weighted by Gasteiger charge is -2.27. The minimum absolute atomic E-state index is 1.02. The zero-order valence-corrected chi connectivity index (χ0v) is 8.69. The molecule has 11 heavy (non-hydrogen) atoms. The Morgan fingerprint density at radius 3 is 2.00 bits per heavy atom. The smallest absolute Gasteiger partial charge is 0.0391 e. The lowest BCUT2D eigenvalue weighted by atomic mass is 9.79. The van der Waals surface area contributed by atoms with E-state index in [4.69, 9.17) is 0 Å². The average Bonchev–Trinajstić information content (AvgIpc) is 2.09. The van der Waals surface area contributed by atoms with Gasteiger partial charge in [-0.1, -0.05) is 59.8 Å². The molecule has 1 aliphatic carbocycles. The van der Waals surface area contributed by atoms with Crippen molar-refractivity contribution < 1.29 is 0 Å². The average molecular weight is 156 g/mol. The molecule has 0 N–H and O–H groups in total. The third-order valence-electron chi connectivity index (χ3n) is 2.81. The zero-order valence-electron chi connectivity index (χ0n) is 8.69. The van der Waals surface area contributed by atoms with Crippen molar-refractivity contribution in [3.8, 4) is 0 Å². The Balaban J connectivity index is 0.000000461. The molecule has 1 saturated carbocycles. The summed E-state index contributed by atoms with van der Waals surface area (Å²) in [6.07, 6.45) is 7.36. The minimum Gasteiger partial charge on any atom is -0.0683 e. The van der Waals surface area contributed by atoms with Crippen LogP contribution in [0, 0.1) is 11.8 Å². The normalized spacial score (nSPS) is 30.5. The fourth-order valence-electron chi connectivity index (χ4n) is 2.00. The van der Waals surface area contributed by atoms with E-state index in [0.29, 0.717) is 0 Å². The van der Waals surface area contributed by atoms with E-state index in [1.165, 1.54) is 32.1 Å². The third kappa shape index (κ3) is 3.79. The summed E-state index contributed by atoms with van der Waals surface area (Å²) in [5.41, 5.74) is 0. The molecule has 68 valence electrons. The van der Waals surface area contributed by atoms with Gasteiger partial charge in [0.1, 0.15) is 0 Å². The van der Waals surface area contributed by atoms with Crippen molar-refractivity contribution >= 4 is 0 Å². The van der Waals surface area contributed by atoms with Crippen LogP contribution in [0.4, 0.5) is 0 Å². The van der Waals surface area contributed by atoms with E-state index in [-0.39, 0.29) is 0 Å². The second kappa shape index (κ2) is 6.69. The Hall–Kier alpha value is 0. The highest BCUT2D eigenvalue weighted by molar-refractivity contribution is 4.70. The van der Waals surface area contributed by atoms with Crippen LogP contribution in [-0.4, -0.2) is 0 Å². The van der Waals surface area contributed by atoms with Gasteiger partial charge in [0.15, 0.2) is 0 Å². The molecule has 1 unspecified atom stereocenters. The first-order valence-electron chi connectivity index (χ1n) is 5.34. The molecule has 0 amide bonds. The lowest BCUT2D eigenvalue weighted by molar-refractivity contribution is 0.249. The fraction of sp³-hybridized carbons (Fsp3) is 1.00. The van der Waals surface area contributed by atoms with E-state index in [0.717, 1.165) is 11.8 Å². The summed E-state index contributed by atoms with van der Waals surface area (Å²) in [6, 6.07) is 0. The third-order valence-corrected chi connectivity index (χ3v) is 2.81. The van der Waals surface area contributed by atoms with Crippen LogP contribution < -0.4 is 0 Å². The summed E-state index contributed by atoms with van der Waals surface area (Å²) in [4.78, 5) is 0. The van der Waals surface area contributed by atoms with Gasteiger partial charge in [-0.15, -0.1) is 0 Å². The molecular formula is C11H24. The van der Waals surface area contributed by atoms with Gasteiger partial charge in [-0.3, -0.25) is 0 Å². The molecule has 1 rings (SSSR count). The molecule has 0 aliphatic heterocycles. The van der Waals surface area contributed by atoms with Crippen molar-refractivity contribution in [1.82, 2.24) is 0 Å². The molecule has 0 aromatic carbocycles. The van der Waals surface area contributed by atoms with Crippen LogP contribution >= 0.6 is 0 Å². The summed E-state index contributed by atoms with van der Waals surface area (Å²) in [5, 5.41) is 0. The molecule has 1 fully saturated rings. The van der Waals surface area contributed by atoms with Crippen molar-refractivity contribution in [2.75, 3.05) is 0 Å². The van der Waals surface area contributed by atoms with Crippen molar-refractivity contribution in [3.63, 3.8) is 0 Å². The van der Waals surface area contributed by atoms with Gasteiger partial charge in [0.25, 0.3) is 0 Å². The molecule has 0 nitrogen and oxygen atoms in total. The van der Waals surface area contributed by atoms with Gasteiger partial charge in [0, 0.05) is 0 Å². The predicted octanol–water partition coefficient (Wildman–Crippen LogP) is 4.25. The van der Waals surface area contributed by atoms with Crippen LogP contribution in [0.3, 0.4) is 0 Å². The Labute approximate surface area is 72.4 Å². The van der Waals surface area contributed by atoms with Crippen LogP contribution in [0.15, 0.2) is 0 Å². The maximum Gasteiger partial charge on any atom is -0.0391 e. The standard InChI is InChI=1S/C9H18.C2H6/c1-3-9-7-5-4-6-8(9)2;1-2/h8-9H,3-7H2,1-2H3;1-2H3/t8?,9-;/m0./s1. The monoisotopic (exact) mass is 156 g/mol. The Morgan fingerprint density at radius 2 is 1.64 bits per heavy atom. The second-order valence-electron chi connectivity index (χ2n) is 3.43. The minimum atomic E-state index is 1.02. The van der Waals surface area contributed by atoms with E-state index >= 15 is 0 Å². The first-order chi connectivity index (χ1) is 5.34. The van der Waals surface area contributed by atoms with Gasteiger partial charge in [-0.2, -0.15) is 0 Å². The molecule has 0 aromatic rings. The van der Waals surface area contributed by atoms with Gasteiger partial charge < -0.3 is 0 Å². The molecule has 0 heteroatoms. The van der Waals surface area contributed by atoms with Crippen LogP contribution in [0.1, 0.15) is 59.8 Å². The number of hydrogen-bond donors (Lipinski definition) is 0. The van der Waals surface area contributed by atoms with Gasteiger partial charge >= 0.3 is 0 Å². The largest absolute Gasteiger partial charge is 0.0683 e. The Kier molecular flexibility index (Phi) is 6.69. The first-order valence-corrected chi connectivity index (χ1v) is 5.34. The second-order valence-corrected chi connectivity index (χ2v) is 3.43. The van der Waals surface area contributed by atoms with Gasteiger partial charge in [0.2, 0.25) is 0 Å². The maximum atomic E-state index is 2.41. The predicted molar refractivity (Wildman–Crippen MR) is 52.8 cm³/mol. The molecule has 0 aromatic heterocycles. The lowest BCUT2D eigenvalue weighted by Crippen LogP contribution is -2.15. The van der Waals surface area contributed by atoms with E-state index in [9.17, 15) is 0 Å². The molecule has 0 spiro atoms. The molecule has 0 heterocycles. The van der Waals surface area contributed by atoms with Crippen molar-refractivity contribution in [2.24, 2.45) is 11.8 Å². The molecule has 0 saturated heterocycles. The highest BCUT2D eigenvalue weighted by Crippen LogP contribution is 2.31. The van der Waals surface area contributed by atoms with Crippen LogP contribution in [-0.2, 0) is 0 Å². The Bertz CT molecular complexity index is 76.1. The molecule has 0 bridgehead atoms.